The molecule has 6 heteroatoms. The van der Waals surface area contributed by atoms with Gasteiger partial charge in [-0.25, -0.2) is 0 Å². The van der Waals surface area contributed by atoms with Gasteiger partial charge in [-0.2, -0.15) is 5.10 Å². The zero-order valence-corrected chi connectivity index (χ0v) is 15.2. The van der Waals surface area contributed by atoms with Crippen LogP contribution in [0, 0.1) is 19.8 Å². The van der Waals surface area contributed by atoms with E-state index in [0.29, 0.717) is 25.7 Å². The van der Waals surface area contributed by atoms with Crippen LogP contribution in [-0.4, -0.2) is 52.1 Å². The first-order valence-corrected chi connectivity index (χ1v) is 9.11. The van der Waals surface area contributed by atoms with Crippen molar-refractivity contribution < 1.29 is 14.3 Å². The molecule has 138 valence electrons. The molecular formula is C19H29N3O3. The van der Waals surface area contributed by atoms with Crippen LogP contribution in [0.3, 0.4) is 0 Å². The Labute approximate surface area is 149 Å². The van der Waals surface area contributed by atoms with Gasteiger partial charge in [-0.15, -0.1) is 0 Å². The van der Waals surface area contributed by atoms with Gasteiger partial charge >= 0.3 is 0 Å². The number of hydrogen-bond acceptors (Lipinski definition) is 5. The van der Waals surface area contributed by atoms with E-state index >= 15 is 0 Å². The van der Waals surface area contributed by atoms with Gasteiger partial charge in [-0.1, -0.05) is 0 Å². The van der Waals surface area contributed by atoms with Gasteiger partial charge in [0.05, 0.1) is 24.7 Å². The minimum Gasteiger partial charge on any atom is -0.467 e. The molecule has 0 spiro atoms. The minimum absolute atomic E-state index is 0.340. The van der Waals surface area contributed by atoms with Crippen LogP contribution in [-0.2, 0) is 17.9 Å². The number of rotatable bonds is 8. The summed E-state index contributed by atoms with van der Waals surface area (Å²) in [6.07, 6.45) is 3.48. The number of ether oxygens (including phenoxy) is 1. The highest BCUT2D eigenvalue weighted by Gasteiger charge is 2.22. The fraction of sp³-hybridized carbons (Fsp3) is 0.632. The Morgan fingerprint density at radius 2 is 2.16 bits per heavy atom. The summed E-state index contributed by atoms with van der Waals surface area (Å²) in [5.74, 6) is 1.46. The highest BCUT2D eigenvalue weighted by atomic mass is 16.5. The van der Waals surface area contributed by atoms with Crippen LogP contribution in [0.15, 0.2) is 28.9 Å². The number of aliphatic hydroxyl groups is 1. The van der Waals surface area contributed by atoms with E-state index in [9.17, 15) is 5.11 Å². The third kappa shape index (κ3) is 5.42. The van der Waals surface area contributed by atoms with Crippen molar-refractivity contribution in [2.75, 3.05) is 26.2 Å². The van der Waals surface area contributed by atoms with Gasteiger partial charge in [-0.3, -0.25) is 4.68 Å². The second-order valence-electron chi connectivity index (χ2n) is 7.10. The summed E-state index contributed by atoms with van der Waals surface area (Å²) < 4.78 is 12.9. The molecular weight excluding hydrogens is 318 g/mol. The summed E-state index contributed by atoms with van der Waals surface area (Å²) in [5.41, 5.74) is 2.33. The first-order valence-electron chi connectivity index (χ1n) is 9.11. The average molecular weight is 347 g/mol. The topological polar surface area (TPSA) is 63.7 Å². The normalized spacial score (nSPS) is 17.9. The molecule has 0 saturated carbocycles. The van der Waals surface area contributed by atoms with Gasteiger partial charge in [0, 0.05) is 18.8 Å². The Hall–Kier alpha value is -1.63. The quantitative estimate of drug-likeness (QED) is 0.794. The van der Waals surface area contributed by atoms with Crippen molar-refractivity contribution in [3.05, 3.63) is 41.6 Å². The molecule has 1 aliphatic rings. The molecule has 2 aromatic heterocycles. The van der Waals surface area contributed by atoms with E-state index in [-0.39, 0.29) is 0 Å². The lowest BCUT2D eigenvalue weighted by Gasteiger charge is -2.33. The molecule has 6 nitrogen and oxygen atoms in total. The maximum atomic E-state index is 10.2. The predicted octanol–water partition coefficient (Wildman–Crippen LogP) is 2.38. The molecule has 0 bridgehead atoms. The minimum atomic E-state index is -0.456. The van der Waals surface area contributed by atoms with E-state index in [1.807, 2.05) is 19.1 Å². The predicted molar refractivity (Wildman–Crippen MR) is 95.2 cm³/mol. The molecule has 0 radical (unpaired) electrons. The molecule has 1 N–H and O–H groups in total. The SMILES string of the molecule is Cc1cc(C)n(CC2CCN(C[C@H](O)COCc3ccco3)CC2)n1. The molecule has 1 saturated heterocycles. The largest absolute Gasteiger partial charge is 0.467 e. The second-order valence-corrected chi connectivity index (χ2v) is 7.10. The van der Waals surface area contributed by atoms with Crippen molar-refractivity contribution in [1.82, 2.24) is 14.7 Å². The molecule has 0 aromatic carbocycles. The fourth-order valence-corrected chi connectivity index (χ4v) is 3.50. The Morgan fingerprint density at radius 3 is 2.80 bits per heavy atom. The third-order valence-corrected chi connectivity index (χ3v) is 4.85. The summed E-state index contributed by atoms with van der Waals surface area (Å²) in [6, 6.07) is 5.85. The van der Waals surface area contributed by atoms with E-state index in [0.717, 1.165) is 43.9 Å². The van der Waals surface area contributed by atoms with Crippen LogP contribution >= 0.6 is 0 Å². The summed E-state index contributed by atoms with van der Waals surface area (Å²) in [6.45, 7) is 8.64. The molecule has 1 aliphatic heterocycles. The van der Waals surface area contributed by atoms with E-state index < -0.39 is 6.10 Å². The van der Waals surface area contributed by atoms with E-state index in [2.05, 4.69) is 27.7 Å². The van der Waals surface area contributed by atoms with E-state index in [1.54, 1.807) is 6.26 Å². The fourth-order valence-electron chi connectivity index (χ4n) is 3.50. The standard InChI is InChI=1S/C19H29N3O3/c1-15-10-16(2)22(20-15)11-17-5-7-21(8-6-17)12-18(23)13-24-14-19-4-3-9-25-19/h3-4,9-10,17-18,23H,5-8,11-14H2,1-2H3/t18-/m0/s1. The molecule has 3 heterocycles. The number of aliphatic hydroxyl groups excluding tert-OH is 1. The van der Waals surface area contributed by atoms with Crippen molar-refractivity contribution in [2.24, 2.45) is 5.92 Å². The van der Waals surface area contributed by atoms with Crippen LogP contribution in [0.4, 0.5) is 0 Å². The van der Waals surface area contributed by atoms with Crippen LogP contribution in [0.2, 0.25) is 0 Å². The maximum Gasteiger partial charge on any atom is 0.129 e. The highest BCUT2D eigenvalue weighted by molar-refractivity contribution is 5.06. The molecule has 25 heavy (non-hydrogen) atoms. The van der Waals surface area contributed by atoms with Gasteiger partial charge in [0.15, 0.2) is 0 Å². The lowest BCUT2D eigenvalue weighted by atomic mass is 9.96. The maximum absolute atomic E-state index is 10.2. The molecule has 0 aliphatic carbocycles. The monoisotopic (exact) mass is 347 g/mol. The molecule has 0 unspecified atom stereocenters. The highest BCUT2D eigenvalue weighted by Crippen LogP contribution is 2.20. The lowest BCUT2D eigenvalue weighted by Crippen LogP contribution is -2.41. The summed E-state index contributed by atoms with van der Waals surface area (Å²) in [4.78, 5) is 2.33. The van der Waals surface area contributed by atoms with Gasteiger partial charge in [0.1, 0.15) is 12.4 Å². The van der Waals surface area contributed by atoms with E-state index in [1.165, 1.54) is 5.69 Å². The molecule has 0 amide bonds. The van der Waals surface area contributed by atoms with Crippen molar-refractivity contribution >= 4 is 0 Å². The van der Waals surface area contributed by atoms with E-state index in [4.69, 9.17) is 9.15 Å². The van der Waals surface area contributed by atoms with Crippen molar-refractivity contribution in [2.45, 2.75) is 45.9 Å². The van der Waals surface area contributed by atoms with Crippen LogP contribution in [0.5, 0.6) is 0 Å². The van der Waals surface area contributed by atoms with Crippen LogP contribution in [0.1, 0.15) is 30.0 Å². The van der Waals surface area contributed by atoms with Crippen molar-refractivity contribution in [3.8, 4) is 0 Å². The molecule has 3 rings (SSSR count). The summed E-state index contributed by atoms with van der Waals surface area (Å²) in [7, 11) is 0. The van der Waals surface area contributed by atoms with Gasteiger partial charge in [0.25, 0.3) is 0 Å². The van der Waals surface area contributed by atoms with Gasteiger partial charge < -0.3 is 19.2 Å². The van der Waals surface area contributed by atoms with Crippen LogP contribution < -0.4 is 0 Å². The Kier molecular flexibility index (Phi) is 6.29. The Bertz CT molecular complexity index is 630. The average Bonchev–Trinajstić information content (AvgIpc) is 3.19. The number of β-amino-alcohol motifs (C(OH)–C–C–N with tert-alkyl or cyclic N) is 1. The number of hydrogen-bond donors (Lipinski definition) is 1. The number of aryl methyl sites for hydroxylation is 2. The molecule has 2 aromatic rings. The number of furan rings is 1. The first kappa shape index (κ1) is 18.2. The zero-order valence-electron chi connectivity index (χ0n) is 15.2. The van der Waals surface area contributed by atoms with Gasteiger partial charge in [0.2, 0.25) is 0 Å². The number of nitrogens with zero attached hydrogens (tertiary/aromatic N) is 3. The molecule has 1 atom stereocenters. The summed E-state index contributed by atoms with van der Waals surface area (Å²) >= 11 is 0. The summed E-state index contributed by atoms with van der Waals surface area (Å²) in [5, 5.41) is 14.7. The van der Waals surface area contributed by atoms with Crippen molar-refractivity contribution in [3.63, 3.8) is 0 Å². The smallest absolute Gasteiger partial charge is 0.129 e. The van der Waals surface area contributed by atoms with Crippen LogP contribution in [0.25, 0.3) is 0 Å². The second kappa shape index (κ2) is 8.65. The third-order valence-electron chi connectivity index (χ3n) is 4.85. The number of likely N-dealkylation sites (tertiary alicyclic amines) is 1. The Morgan fingerprint density at radius 1 is 1.36 bits per heavy atom. The number of aromatic nitrogens is 2. The van der Waals surface area contributed by atoms with Crippen molar-refractivity contribution in [1.29, 1.82) is 0 Å². The lowest BCUT2D eigenvalue weighted by molar-refractivity contribution is -0.000351. The van der Waals surface area contributed by atoms with Gasteiger partial charge in [-0.05, 0) is 63.9 Å². The molecule has 1 fully saturated rings. The Balaban J connectivity index is 1.33. The zero-order chi connectivity index (χ0) is 17.6. The number of piperidine rings is 1. The first-order chi connectivity index (χ1) is 12.1.